The van der Waals surface area contributed by atoms with Gasteiger partial charge in [0.15, 0.2) is 6.29 Å². The molecule has 6 heteroatoms. The minimum Gasteiger partial charge on any atom is -0.465 e. The van der Waals surface area contributed by atoms with Crippen LogP contribution >= 0.6 is 0 Å². The van der Waals surface area contributed by atoms with Gasteiger partial charge >= 0.3 is 5.97 Å². The van der Waals surface area contributed by atoms with Crippen LogP contribution in [0.1, 0.15) is 35.2 Å². The van der Waals surface area contributed by atoms with Gasteiger partial charge in [0.2, 0.25) is 0 Å². The Balaban J connectivity index is 1.50. The van der Waals surface area contributed by atoms with Crippen LogP contribution in [0.2, 0.25) is 0 Å². The fourth-order valence-corrected chi connectivity index (χ4v) is 2.40. The second-order valence-electron chi connectivity index (χ2n) is 5.52. The summed E-state index contributed by atoms with van der Waals surface area (Å²) in [5.41, 5.74) is 1.45. The third-order valence-electron chi connectivity index (χ3n) is 3.66. The summed E-state index contributed by atoms with van der Waals surface area (Å²) in [7, 11) is 1.37. The molecule has 2 rings (SSSR count). The van der Waals surface area contributed by atoms with Crippen molar-refractivity contribution in [1.82, 2.24) is 0 Å². The smallest absolute Gasteiger partial charge is 0.337 e. The zero-order valence-corrected chi connectivity index (χ0v) is 14.2. The molecule has 1 aromatic carbocycles. The van der Waals surface area contributed by atoms with Gasteiger partial charge in [-0.2, -0.15) is 0 Å². The zero-order chi connectivity index (χ0) is 17.0. The molecule has 0 bridgehead atoms. The predicted molar refractivity (Wildman–Crippen MR) is 87.8 cm³/mol. The Morgan fingerprint density at radius 3 is 2.79 bits per heavy atom. The predicted octanol–water partition coefficient (Wildman–Crippen LogP) is 2.55. The molecule has 1 fully saturated rings. The first-order chi connectivity index (χ1) is 11.8. The number of carbonyl (C=O) groups excluding carboxylic acids is 1. The van der Waals surface area contributed by atoms with Gasteiger partial charge in [0.05, 0.1) is 45.7 Å². The summed E-state index contributed by atoms with van der Waals surface area (Å²) in [5.74, 6) is -0.345. The first-order valence-corrected chi connectivity index (χ1v) is 8.35. The Labute approximate surface area is 143 Å². The van der Waals surface area contributed by atoms with Crippen LogP contribution in [-0.2, 0) is 30.3 Å². The normalized spacial score (nSPS) is 17.6. The summed E-state index contributed by atoms with van der Waals surface area (Å²) in [5, 5.41) is 0. The molecule has 134 valence electrons. The maximum atomic E-state index is 11.5. The van der Waals surface area contributed by atoms with Gasteiger partial charge in [-0.25, -0.2) is 4.79 Å². The van der Waals surface area contributed by atoms with Crippen molar-refractivity contribution in [2.75, 3.05) is 40.1 Å². The van der Waals surface area contributed by atoms with Gasteiger partial charge in [0, 0.05) is 6.61 Å². The largest absolute Gasteiger partial charge is 0.465 e. The van der Waals surface area contributed by atoms with Crippen molar-refractivity contribution in [3.05, 3.63) is 35.4 Å². The van der Waals surface area contributed by atoms with Crippen molar-refractivity contribution < 1.29 is 28.5 Å². The van der Waals surface area contributed by atoms with E-state index in [2.05, 4.69) is 0 Å². The Morgan fingerprint density at radius 1 is 1.17 bits per heavy atom. The lowest BCUT2D eigenvalue weighted by atomic mass is 10.1. The fraction of sp³-hybridized carbons (Fsp3) is 0.611. The summed E-state index contributed by atoms with van der Waals surface area (Å²) < 4.78 is 26.7. The van der Waals surface area contributed by atoms with Crippen molar-refractivity contribution in [2.24, 2.45) is 0 Å². The Hall–Kier alpha value is -1.47. The lowest BCUT2D eigenvalue weighted by molar-refractivity contribution is -0.169. The number of methoxy groups -OCH3 is 1. The number of ether oxygens (including phenoxy) is 5. The molecule has 6 nitrogen and oxygen atoms in total. The molecule has 1 unspecified atom stereocenters. The van der Waals surface area contributed by atoms with E-state index < -0.39 is 0 Å². The van der Waals surface area contributed by atoms with Gasteiger partial charge in [0.1, 0.15) is 0 Å². The number of esters is 1. The zero-order valence-electron chi connectivity index (χ0n) is 14.2. The molecule has 0 aromatic heterocycles. The third-order valence-corrected chi connectivity index (χ3v) is 3.66. The SMILES string of the molecule is COC(=O)c1cccc(COCCOCCOC2CCCCO2)c1. The van der Waals surface area contributed by atoms with Crippen molar-refractivity contribution >= 4 is 5.97 Å². The van der Waals surface area contributed by atoms with Crippen LogP contribution in [0.5, 0.6) is 0 Å². The average Bonchev–Trinajstić information content (AvgIpc) is 2.64. The maximum absolute atomic E-state index is 11.5. The van der Waals surface area contributed by atoms with Crippen molar-refractivity contribution in [1.29, 1.82) is 0 Å². The third kappa shape index (κ3) is 6.97. The summed E-state index contributed by atoms with van der Waals surface area (Å²) in [6, 6.07) is 7.20. The first-order valence-electron chi connectivity index (χ1n) is 8.35. The highest BCUT2D eigenvalue weighted by molar-refractivity contribution is 5.89. The van der Waals surface area contributed by atoms with E-state index in [-0.39, 0.29) is 12.3 Å². The van der Waals surface area contributed by atoms with Crippen molar-refractivity contribution in [2.45, 2.75) is 32.2 Å². The molecule has 0 aliphatic carbocycles. The highest BCUT2D eigenvalue weighted by Crippen LogP contribution is 2.13. The molecule has 1 atom stereocenters. The molecule has 0 saturated carbocycles. The number of hydrogen-bond acceptors (Lipinski definition) is 6. The highest BCUT2D eigenvalue weighted by Gasteiger charge is 2.13. The molecule has 1 aromatic rings. The van der Waals surface area contributed by atoms with Gasteiger partial charge in [0.25, 0.3) is 0 Å². The van der Waals surface area contributed by atoms with E-state index in [9.17, 15) is 4.79 Å². The monoisotopic (exact) mass is 338 g/mol. The summed E-state index contributed by atoms with van der Waals surface area (Å²) in [6.45, 7) is 3.28. The van der Waals surface area contributed by atoms with Gasteiger partial charge < -0.3 is 23.7 Å². The van der Waals surface area contributed by atoms with Crippen LogP contribution in [0.15, 0.2) is 24.3 Å². The van der Waals surface area contributed by atoms with Crippen LogP contribution in [0.25, 0.3) is 0 Å². The number of carbonyl (C=O) groups is 1. The van der Waals surface area contributed by atoms with Crippen LogP contribution in [0.3, 0.4) is 0 Å². The standard InChI is InChI=1S/C18H26O6/c1-20-18(19)16-6-4-5-15(13-16)14-22-10-9-21-11-12-24-17-7-2-3-8-23-17/h4-6,13,17H,2-3,7-12,14H2,1H3. The number of benzene rings is 1. The minimum atomic E-state index is -0.345. The lowest BCUT2D eigenvalue weighted by Gasteiger charge is -2.22. The highest BCUT2D eigenvalue weighted by atomic mass is 16.7. The second-order valence-corrected chi connectivity index (χ2v) is 5.52. The molecule has 1 aliphatic heterocycles. The lowest BCUT2D eigenvalue weighted by Crippen LogP contribution is -2.24. The molecular formula is C18H26O6. The van der Waals surface area contributed by atoms with Crippen LogP contribution in [0.4, 0.5) is 0 Å². The van der Waals surface area contributed by atoms with Gasteiger partial charge in [-0.3, -0.25) is 0 Å². The molecule has 0 radical (unpaired) electrons. The second kappa shape index (κ2) is 11.1. The summed E-state index contributed by atoms with van der Waals surface area (Å²) >= 11 is 0. The van der Waals surface area contributed by atoms with Crippen LogP contribution in [-0.4, -0.2) is 52.4 Å². The van der Waals surface area contributed by atoms with E-state index in [1.807, 2.05) is 12.1 Å². The quantitative estimate of drug-likeness (QED) is 0.483. The first kappa shape index (κ1) is 18.9. The molecule has 0 amide bonds. The van der Waals surface area contributed by atoms with Crippen LogP contribution < -0.4 is 0 Å². The molecule has 24 heavy (non-hydrogen) atoms. The maximum Gasteiger partial charge on any atom is 0.337 e. The molecule has 0 N–H and O–H groups in total. The fourth-order valence-electron chi connectivity index (χ4n) is 2.40. The van der Waals surface area contributed by atoms with Crippen LogP contribution in [0, 0.1) is 0 Å². The van der Waals surface area contributed by atoms with E-state index in [1.165, 1.54) is 7.11 Å². The molecule has 1 heterocycles. The van der Waals surface area contributed by atoms with Gasteiger partial charge in [-0.05, 0) is 37.0 Å². The van der Waals surface area contributed by atoms with Crippen molar-refractivity contribution in [3.63, 3.8) is 0 Å². The van der Waals surface area contributed by atoms with E-state index in [0.29, 0.717) is 38.6 Å². The van der Waals surface area contributed by atoms with Crippen molar-refractivity contribution in [3.8, 4) is 0 Å². The molecular weight excluding hydrogens is 312 g/mol. The molecule has 1 saturated heterocycles. The van der Waals surface area contributed by atoms with E-state index >= 15 is 0 Å². The van der Waals surface area contributed by atoms with E-state index in [4.69, 9.17) is 23.7 Å². The van der Waals surface area contributed by atoms with Gasteiger partial charge in [-0.15, -0.1) is 0 Å². The Morgan fingerprint density at radius 2 is 2.00 bits per heavy atom. The van der Waals surface area contributed by atoms with E-state index in [1.54, 1.807) is 12.1 Å². The topological polar surface area (TPSA) is 63.2 Å². The summed E-state index contributed by atoms with van der Waals surface area (Å²) in [4.78, 5) is 11.5. The van der Waals surface area contributed by atoms with Gasteiger partial charge in [-0.1, -0.05) is 12.1 Å². The van der Waals surface area contributed by atoms with E-state index in [0.717, 1.165) is 31.4 Å². The Kier molecular flexibility index (Phi) is 8.76. The average molecular weight is 338 g/mol. The molecule has 1 aliphatic rings. The Bertz CT molecular complexity index is 484. The summed E-state index contributed by atoms with van der Waals surface area (Å²) in [6.07, 6.45) is 3.18. The molecule has 0 spiro atoms. The number of hydrogen-bond donors (Lipinski definition) is 0. The number of rotatable bonds is 10. The minimum absolute atomic E-state index is 0.0688.